The van der Waals surface area contributed by atoms with Gasteiger partial charge in [0.25, 0.3) is 0 Å². The van der Waals surface area contributed by atoms with Crippen LogP contribution in [-0.2, 0) is 12.0 Å². The van der Waals surface area contributed by atoms with Gasteiger partial charge in [0.15, 0.2) is 0 Å². The van der Waals surface area contributed by atoms with Gasteiger partial charge in [-0.05, 0) is 102 Å². The van der Waals surface area contributed by atoms with Crippen LogP contribution < -0.4 is 0 Å². The molecule has 2 heteroatoms. The largest absolute Gasteiger partial charge is 0.279 e. The lowest BCUT2D eigenvalue weighted by atomic mass is 9.67. The maximum absolute atomic E-state index is 5.47. The molecule has 0 atom stereocenters. The van der Waals surface area contributed by atoms with Gasteiger partial charge < -0.3 is 0 Å². The van der Waals surface area contributed by atoms with E-state index in [9.17, 15) is 0 Å². The molecule has 270 valence electrons. The first-order chi connectivity index (χ1) is 28.2. The maximum Gasteiger partial charge on any atom is 0.0744 e. The highest BCUT2D eigenvalue weighted by atomic mass is 14.8. The highest BCUT2D eigenvalue weighted by Crippen LogP contribution is 2.64. The molecule has 8 aromatic carbocycles. The minimum Gasteiger partial charge on any atom is -0.279 e. The lowest BCUT2D eigenvalue weighted by Crippen LogP contribution is -2.27. The predicted octanol–water partition coefficient (Wildman–Crippen LogP) is 13.9. The number of para-hydroxylation sites is 1. The van der Waals surface area contributed by atoms with Gasteiger partial charge in [0.1, 0.15) is 0 Å². The van der Waals surface area contributed by atoms with Gasteiger partial charge in [0.2, 0.25) is 0 Å². The van der Waals surface area contributed by atoms with Crippen LogP contribution in [0.5, 0.6) is 0 Å². The van der Waals surface area contributed by atoms with Crippen molar-refractivity contribution in [1.29, 1.82) is 0 Å². The second-order valence-electron chi connectivity index (χ2n) is 14.8. The molecule has 0 aromatic heterocycles. The first-order valence-electron chi connectivity index (χ1n) is 19.6. The van der Waals surface area contributed by atoms with Crippen LogP contribution in [0.1, 0.15) is 45.9 Å². The third-order valence-electron chi connectivity index (χ3n) is 12.0. The third kappa shape index (κ3) is 5.04. The van der Waals surface area contributed by atoms with Crippen molar-refractivity contribution in [2.24, 2.45) is 9.98 Å². The molecule has 10 rings (SSSR count). The number of hydrogen-bond acceptors (Lipinski definition) is 2. The Labute approximate surface area is 334 Å². The summed E-state index contributed by atoms with van der Waals surface area (Å²) in [5.74, 6) is 0. The van der Waals surface area contributed by atoms with Gasteiger partial charge in [-0.2, -0.15) is 0 Å². The maximum atomic E-state index is 5.47. The Kier molecular flexibility index (Phi) is 8.34. The molecule has 0 radical (unpaired) electrons. The van der Waals surface area contributed by atoms with E-state index in [1.807, 2.05) is 24.3 Å². The molecule has 0 saturated heterocycles. The smallest absolute Gasteiger partial charge is 0.0744 e. The minimum absolute atomic E-state index is 0.488. The average Bonchev–Trinajstić information content (AvgIpc) is 3.73. The van der Waals surface area contributed by atoms with E-state index in [0.717, 1.165) is 22.5 Å². The Morgan fingerprint density at radius 3 is 1.75 bits per heavy atom. The molecule has 57 heavy (non-hydrogen) atoms. The SMILES string of the molecule is C=CC1=C(/C=C\C)C2(c3ccccc3-c3ccccc32)c2c1cccc2-c1c2ccccc2c(CN=C(c2ccccc2)c2ccccc2N=C)c2ccccc12. The monoisotopic (exact) mass is 728 g/mol. The highest BCUT2D eigenvalue weighted by molar-refractivity contribution is 6.18. The second kappa shape index (κ2) is 13.8. The molecule has 8 aromatic rings. The summed E-state index contributed by atoms with van der Waals surface area (Å²) in [6, 6.07) is 61.2. The van der Waals surface area contributed by atoms with E-state index in [1.54, 1.807) is 0 Å². The zero-order chi connectivity index (χ0) is 38.5. The zero-order valence-corrected chi connectivity index (χ0v) is 31.9. The molecule has 0 heterocycles. The van der Waals surface area contributed by atoms with Crippen molar-refractivity contribution in [3.05, 3.63) is 239 Å². The molecular formula is C55H40N2. The summed E-state index contributed by atoms with van der Waals surface area (Å²) in [7, 11) is 0. The third-order valence-corrected chi connectivity index (χ3v) is 12.0. The van der Waals surface area contributed by atoms with Crippen LogP contribution in [0.4, 0.5) is 5.69 Å². The molecule has 0 saturated carbocycles. The van der Waals surface area contributed by atoms with Crippen LogP contribution in [0.2, 0.25) is 0 Å². The average molecular weight is 729 g/mol. The lowest BCUT2D eigenvalue weighted by Gasteiger charge is -2.34. The Morgan fingerprint density at radius 1 is 0.579 bits per heavy atom. The van der Waals surface area contributed by atoms with E-state index in [1.165, 1.54) is 82.8 Å². The Morgan fingerprint density at radius 2 is 1.12 bits per heavy atom. The summed E-state index contributed by atoms with van der Waals surface area (Å²) in [6.07, 6.45) is 6.57. The van der Waals surface area contributed by atoms with Crippen molar-refractivity contribution in [1.82, 2.24) is 0 Å². The summed E-state index contributed by atoms with van der Waals surface area (Å²) >= 11 is 0. The van der Waals surface area contributed by atoms with Crippen LogP contribution in [-0.4, -0.2) is 12.4 Å². The number of aliphatic imine (C=N–C) groups is 2. The molecule has 0 N–H and O–H groups in total. The van der Waals surface area contributed by atoms with Gasteiger partial charge >= 0.3 is 0 Å². The van der Waals surface area contributed by atoms with Gasteiger partial charge in [0.05, 0.1) is 23.4 Å². The Balaban J connectivity index is 1.28. The van der Waals surface area contributed by atoms with E-state index in [0.29, 0.717) is 6.54 Å². The van der Waals surface area contributed by atoms with E-state index in [-0.39, 0.29) is 0 Å². The topological polar surface area (TPSA) is 24.7 Å². The van der Waals surface area contributed by atoms with Crippen molar-refractivity contribution >= 4 is 45.2 Å². The van der Waals surface area contributed by atoms with Crippen LogP contribution in [0.25, 0.3) is 49.4 Å². The zero-order valence-electron chi connectivity index (χ0n) is 31.9. The molecule has 0 unspecified atom stereocenters. The van der Waals surface area contributed by atoms with E-state index in [2.05, 4.69) is 189 Å². The number of nitrogens with zero attached hydrogens (tertiary/aromatic N) is 2. The molecule has 2 aliphatic rings. The van der Waals surface area contributed by atoms with Gasteiger partial charge in [-0.15, -0.1) is 0 Å². The van der Waals surface area contributed by atoms with Crippen molar-refractivity contribution in [2.75, 3.05) is 0 Å². The van der Waals surface area contributed by atoms with Gasteiger partial charge in [-0.1, -0.05) is 189 Å². The van der Waals surface area contributed by atoms with Crippen LogP contribution in [0, 0.1) is 0 Å². The second-order valence-corrected chi connectivity index (χ2v) is 14.8. The van der Waals surface area contributed by atoms with Crippen molar-refractivity contribution in [3.63, 3.8) is 0 Å². The normalized spacial score (nSPS) is 14.0. The van der Waals surface area contributed by atoms with Gasteiger partial charge in [0, 0.05) is 11.1 Å². The predicted molar refractivity (Wildman–Crippen MR) is 242 cm³/mol. The fraction of sp³-hybridized carbons (Fsp3) is 0.0545. The van der Waals surface area contributed by atoms with Crippen LogP contribution in [0.15, 0.2) is 210 Å². The summed E-state index contributed by atoms with van der Waals surface area (Å²) in [6.45, 7) is 10.9. The van der Waals surface area contributed by atoms with Gasteiger partial charge in [-0.3, -0.25) is 9.98 Å². The van der Waals surface area contributed by atoms with Crippen molar-refractivity contribution in [3.8, 4) is 22.3 Å². The van der Waals surface area contributed by atoms with Crippen LogP contribution in [0.3, 0.4) is 0 Å². The fourth-order valence-electron chi connectivity index (χ4n) is 9.84. The Hall–Kier alpha value is -7.16. The molecule has 0 bridgehead atoms. The molecule has 0 aliphatic heterocycles. The lowest BCUT2D eigenvalue weighted by molar-refractivity contribution is 0.788. The Bertz CT molecular complexity index is 2930. The summed E-state index contributed by atoms with van der Waals surface area (Å²) in [5, 5.41) is 4.80. The van der Waals surface area contributed by atoms with Crippen molar-refractivity contribution < 1.29 is 0 Å². The summed E-state index contributed by atoms with van der Waals surface area (Å²) < 4.78 is 0. The highest BCUT2D eigenvalue weighted by Gasteiger charge is 2.53. The molecule has 0 fully saturated rings. The minimum atomic E-state index is -0.530. The number of rotatable bonds is 8. The molecule has 1 spiro atoms. The molecular weight excluding hydrogens is 689 g/mol. The first kappa shape index (κ1) is 34.3. The summed E-state index contributed by atoms with van der Waals surface area (Å²) in [4.78, 5) is 9.85. The molecule has 0 amide bonds. The van der Waals surface area contributed by atoms with E-state index >= 15 is 0 Å². The number of allylic oxidation sites excluding steroid dienone is 5. The quantitative estimate of drug-likeness (QED) is 0.110. The fourth-order valence-corrected chi connectivity index (χ4v) is 9.84. The standard InChI is InChI=1S/C55H40N2/c1-4-20-48-37(5-2)44-30-19-31-46(53(44)55(48)49-32-16-13-25-40(49)41-26-14-17-33-50(41)55)52-42-27-11-9-23-38(42)47(39-24-10-12-28-43(39)52)35-57-54(36-21-7-6-8-22-36)45-29-15-18-34-51(45)56-3/h4-34H,2-3,35H2,1H3/b20-4-,57-54?. The van der Waals surface area contributed by atoms with Crippen molar-refractivity contribution in [2.45, 2.75) is 18.9 Å². The number of benzene rings is 8. The molecule has 2 nitrogen and oxygen atoms in total. The summed E-state index contributed by atoms with van der Waals surface area (Å²) in [5.41, 5.74) is 17.0. The van der Waals surface area contributed by atoms with E-state index < -0.39 is 5.41 Å². The first-order valence-corrected chi connectivity index (χ1v) is 19.6. The number of fused-ring (bicyclic) bond motifs is 9. The van der Waals surface area contributed by atoms with Crippen LogP contribution >= 0.6 is 0 Å². The number of hydrogen-bond donors (Lipinski definition) is 0. The molecule has 2 aliphatic carbocycles. The van der Waals surface area contributed by atoms with E-state index in [4.69, 9.17) is 4.99 Å². The van der Waals surface area contributed by atoms with Gasteiger partial charge in [-0.25, -0.2) is 0 Å².